The van der Waals surface area contributed by atoms with Gasteiger partial charge < -0.3 is 10.2 Å². The zero-order valence-corrected chi connectivity index (χ0v) is 14.9. The Balaban J connectivity index is 2.34. The SMILES string of the molecule is CCNCc1cc(N2CCSCC2C)nc(C(C)(C)C)c1. The van der Waals surface area contributed by atoms with E-state index in [-0.39, 0.29) is 5.41 Å². The van der Waals surface area contributed by atoms with Crippen LogP contribution in [-0.4, -0.2) is 35.6 Å². The molecule has 1 N–H and O–H groups in total. The summed E-state index contributed by atoms with van der Waals surface area (Å²) in [7, 11) is 0. The Morgan fingerprint density at radius 3 is 2.76 bits per heavy atom. The van der Waals surface area contributed by atoms with Crippen LogP contribution in [0.15, 0.2) is 12.1 Å². The Labute approximate surface area is 133 Å². The van der Waals surface area contributed by atoms with Crippen LogP contribution in [0.2, 0.25) is 0 Å². The van der Waals surface area contributed by atoms with Gasteiger partial charge in [-0.2, -0.15) is 11.8 Å². The van der Waals surface area contributed by atoms with Gasteiger partial charge in [0.1, 0.15) is 5.82 Å². The highest BCUT2D eigenvalue weighted by Gasteiger charge is 2.23. The summed E-state index contributed by atoms with van der Waals surface area (Å²) in [5.74, 6) is 3.56. The summed E-state index contributed by atoms with van der Waals surface area (Å²) in [5, 5.41) is 3.43. The van der Waals surface area contributed by atoms with E-state index in [0.29, 0.717) is 6.04 Å². The quantitative estimate of drug-likeness (QED) is 0.922. The lowest BCUT2D eigenvalue weighted by Crippen LogP contribution is -2.41. The van der Waals surface area contributed by atoms with E-state index in [0.717, 1.165) is 25.5 Å². The molecule has 118 valence electrons. The number of thioether (sulfide) groups is 1. The number of nitrogens with one attached hydrogen (secondary N) is 1. The highest BCUT2D eigenvalue weighted by atomic mass is 32.2. The van der Waals surface area contributed by atoms with E-state index >= 15 is 0 Å². The molecule has 3 nitrogen and oxygen atoms in total. The molecule has 21 heavy (non-hydrogen) atoms. The van der Waals surface area contributed by atoms with Crippen LogP contribution < -0.4 is 10.2 Å². The molecule has 0 aliphatic carbocycles. The van der Waals surface area contributed by atoms with Crippen molar-refractivity contribution in [3.63, 3.8) is 0 Å². The summed E-state index contributed by atoms with van der Waals surface area (Å²) in [6, 6.07) is 5.10. The van der Waals surface area contributed by atoms with E-state index in [2.05, 4.69) is 57.0 Å². The van der Waals surface area contributed by atoms with Gasteiger partial charge in [-0.3, -0.25) is 0 Å². The molecule has 1 aromatic rings. The van der Waals surface area contributed by atoms with Crippen molar-refractivity contribution in [1.29, 1.82) is 0 Å². The highest BCUT2D eigenvalue weighted by molar-refractivity contribution is 7.99. The first kappa shape index (κ1) is 16.6. The molecule has 2 rings (SSSR count). The van der Waals surface area contributed by atoms with Crippen LogP contribution >= 0.6 is 11.8 Å². The number of pyridine rings is 1. The second kappa shape index (κ2) is 7.01. The molecule has 0 saturated carbocycles. The van der Waals surface area contributed by atoms with Crippen molar-refractivity contribution in [2.75, 3.05) is 29.5 Å². The Bertz CT molecular complexity index is 468. The lowest BCUT2D eigenvalue weighted by molar-refractivity contribution is 0.563. The lowest BCUT2D eigenvalue weighted by atomic mass is 9.90. The van der Waals surface area contributed by atoms with Crippen LogP contribution in [0.5, 0.6) is 0 Å². The number of hydrogen-bond donors (Lipinski definition) is 1. The molecule has 1 fully saturated rings. The van der Waals surface area contributed by atoms with Crippen molar-refractivity contribution >= 4 is 17.6 Å². The summed E-state index contributed by atoms with van der Waals surface area (Å²) in [4.78, 5) is 7.45. The standard InChI is InChI=1S/C17H29N3S/c1-6-18-11-14-9-15(17(3,4)5)19-16(10-14)20-7-8-21-12-13(20)2/h9-10,13,18H,6-8,11-12H2,1-5H3. The number of aromatic nitrogens is 1. The van der Waals surface area contributed by atoms with Crippen molar-refractivity contribution in [3.8, 4) is 0 Å². The Morgan fingerprint density at radius 2 is 2.14 bits per heavy atom. The second-order valence-electron chi connectivity index (χ2n) is 6.87. The van der Waals surface area contributed by atoms with E-state index in [9.17, 15) is 0 Å². The predicted molar refractivity (Wildman–Crippen MR) is 94.5 cm³/mol. The van der Waals surface area contributed by atoms with Crippen LogP contribution in [-0.2, 0) is 12.0 Å². The molecule has 0 bridgehead atoms. The fourth-order valence-electron chi connectivity index (χ4n) is 2.54. The van der Waals surface area contributed by atoms with E-state index < -0.39 is 0 Å². The minimum atomic E-state index is 0.0880. The van der Waals surface area contributed by atoms with E-state index in [1.54, 1.807) is 0 Å². The van der Waals surface area contributed by atoms with Crippen molar-refractivity contribution < 1.29 is 0 Å². The molecule has 0 radical (unpaired) electrons. The largest absolute Gasteiger partial charge is 0.352 e. The third-order valence-electron chi connectivity index (χ3n) is 3.88. The smallest absolute Gasteiger partial charge is 0.129 e. The average Bonchev–Trinajstić information content (AvgIpc) is 2.44. The molecular weight excluding hydrogens is 278 g/mol. The van der Waals surface area contributed by atoms with Gasteiger partial charge in [0.25, 0.3) is 0 Å². The average molecular weight is 308 g/mol. The number of anilines is 1. The molecule has 1 aliphatic rings. The molecule has 2 heterocycles. The van der Waals surface area contributed by atoms with Gasteiger partial charge in [0.15, 0.2) is 0 Å². The Hall–Kier alpha value is -0.740. The number of hydrogen-bond acceptors (Lipinski definition) is 4. The van der Waals surface area contributed by atoms with Gasteiger partial charge in [0.2, 0.25) is 0 Å². The fraction of sp³-hybridized carbons (Fsp3) is 0.706. The Kier molecular flexibility index (Phi) is 5.55. The van der Waals surface area contributed by atoms with E-state index in [1.165, 1.54) is 22.8 Å². The zero-order chi connectivity index (χ0) is 15.5. The summed E-state index contributed by atoms with van der Waals surface area (Å²) < 4.78 is 0. The van der Waals surface area contributed by atoms with E-state index in [1.807, 2.05) is 11.8 Å². The van der Waals surface area contributed by atoms with Gasteiger partial charge in [-0.05, 0) is 31.2 Å². The minimum Gasteiger partial charge on any atom is -0.352 e. The van der Waals surface area contributed by atoms with Gasteiger partial charge in [-0.1, -0.05) is 27.7 Å². The van der Waals surface area contributed by atoms with Gasteiger partial charge in [0, 0.05) is 41.7 Å². The molecule has 1 aromatic heterocycles. The molecule has 1 atom stereocenters. The topological polar surface area (TPSA) is 28.2 Å². The maximum Gasteiger partial charge on any atom is 0.129 e. The highest BCUT2D eigenvalue weighted by Crippen LogP contribution is 2.28. The Morgan fingerprint density at radius 1 is 1.38 bits per heavy atom. The molecule has 0 amide bonds. The van der Waals surface area contributed by atoms with E-state index in [4.69, 9.17) is 4.98 Å². The van der Waals surface area contributed by atoms with Crippen molar-refractivity contribution in [2.45, 2.75) is 52.6 Å². The van der Waals surface area contributed by atoms with Crippen LogP contribution in [0.1, 0.15) is 45.9 Å². The first-order chi connectivity index (χ1) is 9.91. The van der Waals surface area contributed by atoms with Gasteiger partial charge >= 0.3 is 0 Å². The van der Waals surface area contributed by atoms with Crippen molar-refractivity contribution in [2.24, 2.45) is 0 Å². The van der Waals surface area contributed by atoms with Crippen molar-refractivity contribution in [3.05, 3.63) is 23.4 Å². The summed E-state index contributed by atoms with van der Waals surface area (Å²) in [6.07, 6.45) is 0. The second-order valence-corrected chi connectivity index (χ2v) is 8.02. The van der Waals surface area contributed by atoms with Gasteiger partial charge in [-0.25, -0.2) is 4.98 Å². The third kappa shape index (κ3) is 4.36. The fourth-order valence-corrected chi connectivity index (χ4v) is 3.55. The summed E-state index contributed by atoms with van der Waals surface area (Å²) in [6.45, 7) is 14.2. The summed E-state index contributed by atoms with van der Waals surface area (Å²) in [5.41, 5.74) is 2.63. The monoisotopic (exact) mass is 307 g/mol. The molecule has 1 aliphatic heterocycles. The van der Waals surface area contributed by atoms with Crippen LogP contribution in [0.4, 0.5) is 5.82 Å². The van der Waals surface area contributed by atoms with Crippen LogP contribution in [0.3, 0.4) is 0 Å². The molecule has 0 aromatic carbocycles. The van der Waals surface area contributed by atoms with Crippen LogP contribution in [0, 0.1) is 0 Å². The number of nitrogens with zero attached hydrogens (tertiary/aromatic N) is 2. The van der Waals surface area contributed by atoms with Crippen molar-refractivity contribution in [1.82, 2.24) is 10.3 Å². The molecule has 0 spiro atoms. The summed E-state index contributed by atoms with van der Waals surface area (Å²) >= 11 is 2.05. The minimum absolute atomic E-state index is 0.0880. The maximum absolute atomic E-state index is 4.98. The van der Waals surface area contributed by atoms with Gasteiger partial charge in [0.05, 0.1) is 0 Å². The maximum atomic E-state index is 4.98. The molecular formula is C17H29N3S. The predicted octanol–water partition coefficient (Wildman–Crippen LogP) is 3.43. The zero-order valence-electron chi connectivity index (χ0n) is 14.1. The molecule has 4 heteroatoms. The van der Waals surface area contributed by atoms with Crippen LogP contribution in [0.25, 0.3) is 0 Å². The normalized spacial score (nSPS) is 19.9. The molecule has 1 unspecified atom stereocenters. The van der Waals surface area contributed by atoms with Gasteiger partial charge in [-0.15, -0.1) is 0 Å². The molecule has 1 saturated heterocycles. The third-order valence-corrected chi connectivity index (χ3v) is 5.07. The number of rotatable bonds is 4. The lowest BCUT2D eigenvalue weighted by Gasteiger charge is -2.35. The first-order valence-electron chi connectivity index (χ1n) is 7.98. The first-order valence-corrected chi connectivity index (χ1v) is 9.14.